The van der Waals surface area contributed by atoms with Crippen LogP contribution in [0.2, 0.25) is 0 Å². The van der Waals surface area contributed by atoms with Crippen LogP contribution in [0.15, 0.2) is 18.2 Å². The minimum Gasteiger partial charge on any atom is -0.495 e. The zero-order chi connectivity index (χ0) is 12.0. The van der Waals surface area contributed by atoms with Gasteiger partial charge in [0.25, 0.3) is 5.91 Å². The fourth-order valence-corrected chi connectivity index (χ4v) is 1.26. The van der Waals surface area contributed by atoms with E-state index in [4.69, 9.17) is 16.2 Å². The van der Waals surface area contributed by atoms with Crippen LogP contribution < -0.4 is 21.5 Å². The largest absolute Gasteiger partial charge is 0.495 e. The van der Waals surface area contributed by atoms with Crippen molar-refractivity contribution in [3.05, 3.63) is 23.8 Å². The van der Waals surface area contributed by atoms with Gasteiger partial charge >= 0.3 is 0 Å². The number of carbonyl (C=O) groups is 1. The number of rotatable bonds is 5. The predicted octanol–water partition coefficient (Wildman–Crippen LogP) is 0.356. The van der Waals surface area contributed by atoms with Crippen LogP contribution in [0, 0.1) is 0 Å². The predicted molar refractivity (Wildman–Crippen MR) is 63.4 cm³/mol. The van der Waals surface area contributed by atoms with Gasteiger partial charge in [0.2, 0.25) is 0 Å². The third-order valence-corrected chi connectivity index (χ3v) is 2.16. The minimum atomic E-state index is -0.147. The summed E-state index contributed by atoms with van der Waals surface area (Å²) in [5.74, 6) is 0.359. The number of carbonyl (C=O) groups excluding carboxylic acids is 1. The van der Waals surface area contributed by atoms with Crippen LogP contribution >= 0.6 is 0 Å². The smallest absolute Gasteiger partial charge is 0.251 e. The lowest BCUT2D eigenvalue weighted by molar-refractivity contribution is 0.0953. The number of benzene rings is 1. The van der Waals surface area contributed by atoms with Crippen molar-refractivity contribution in [1.29, 1.82) is 0 Å². The summed E-state index contributed by atoms with van der Waals surface area (Å²) in [6.45, 7) is 1.13. The highest BCUT2D eigenvalue weighted by atomic mass is 16.5. The standard InChI is InChI=1S/C11H17N3O2/c1-16-10-7-8(3-4-9(10)13)11(15)14-6-2-5-12/h3-4,7H,2,5-6,12-13H2,1H3,(H,14,15). The Morgan fingerprint density at radius 3 is 2.88 bits per heavy atom. The van der Waals surface area contributed by atoms with Gasteiger partial charge in [0.1, 0.15) is 5.75 Å². The van der Waals surface area contributed by atoms with Gasteiger partial charge in [0.15, 0.2) is 0 Å². The lowest BCUT2D eigenvalue weighted by Gasteiger charge is -2.08. The molecule has 0 saturated carbocycles. The summed E-state index contributed by atoms with van der Waals surface area (Å²) >= 11 is 0. The maximum atomic E-state index is 11.7. The molecule has 1 aromatic carbocycles. The van der Waals surface area contributed by atoms with Crippen molar-refractivity contribution in [2.45, 2.75) is 6.42 Å². The molecule has 0 saturated heterocycles. The Labute approximate surface area is 94.8 Å². The molecule has 0 fully saturated rings. The van der Waals surface area contributed by atoms with E-state index in [1.54, 1.807) is 18.2 Å². The summed E-state index contributed by atoms with van der Waals surface area (Å²) < 4.78 is 5.04. The second-order valence-corrected chi connectivity index (χ2v) is 3.35. The highest BCUT2D eigenvalue weighted by Crippen LogP contribution is 2.21. The van der Waals surface area contributed by atoms with Crippen molar-refractivity contribution in [3.8, 4) is 5.75 Å². The molecule has 0 aliphatic carbocycles. The van der Waals surface area contributed by atoms with E-state index >= 15 is 0 Å². The normalized spacial score (nSPS) is 9.88. The molecule has 0 spiro atoms. The Morgan fingerprint density at radius 1 is 1.50 bits per heavy atom. The van der Waals surface area contributed by atoms with Crippen LogP contribution in [0.4, 0.5) is 5.69 Å². The zero-order valence-electron chi connectivity index (χ0n) is 9.32. The molecule has 0 atom stereocenters. The van der Waals surface area contributed by atoms with E-state index in [0.29, 0.717) is 30.1 Å². The SMILES string of the molecule is COc1cc(C(=O)NCCCN)ccc1N. The monoisotopic (exact) mass is 223 g/mol. The number of hydrogen-bond donors (Lipinski definition) is 3. The lowest BCUT2D eigenvalue weighted by Crippen LogP contribution is -2.25. The summed E-state index contributed by atoms with van der Waals surface area (Å²) in [6.07, 6.45) is 0.762. The van der Waals surface area contributed by atoms with Crippen LogP contribution in [-0.2, 0) is 0 Å². The van der Waals surface area contributed by atoms with Gasteiger partial charge in [0.05, 0.1) is 12.8 Å². The summed E-state index contributed by atoms with van der Waals surface area (Å²) in [5, 5.41) is 2.76. The first-order valence-electron chi connectivity index (χ1n) is 5.11. The summed E-state index contributed by atoms with van der Waals surface area (Å²) in [4.78, 5) is 11.7. The van der Waals surface area contributed by atoms with Crippen molar-refractivity contribution in [2.75, 3.05) is 25.9 Å². The van der Waals surface area contributed by atoms with Crippen LogP contribution in [0.5, 0.6) is 5.75 Å². The second kappa shape index (κ2) is 5.97. The molecule has 1 aromatic rings. The van der Waals surface area contributed by atoms with Gasteiger partial charge < -0.3 is 21.5 Å². The summed E-state index contributed by atoms with van der Waals surface area (Å²) in [5.41, 5.74) is 12.0. The Bertz CT molecular complexity index is 366. The fraction of sp³-hybridized carbons (Fsp3) is 0.364. The second-order valence-electron chi connectivity index (χ2n) is 3.35. The van der Waals surface area contributed by atoms with Crippen LogP contribution in [0.1, 0.15) is 16.8 Å². The van der Waals surface area contributed by atoms with Crippen molar-refractivity contribution in [2.24, 2.45) is 5.73 Å². The van der Waals surface area contributed by atoms with Gasteiger partial charge in [-0.25, -0.2) is 0 Å². The molecule has 16 heavy (non-hydrogen) atoms. The topological polar surface area (TPSA) is 90.4 Å². The number of anilines is 1. The molecule has 5 heteroatoms. The molecular weight excluding hydrogens is 206 g/mol. The molecule has 0 unspecified atom stereocenters. The molecule has 0 aliphatic rings. The van der Waals surface area contributed by atoms with Gasteiger partial charge in [-0.1, -0.05) is 0 Å². The van der Waals surface area contributed by atoms with Gasteiger partial charge in [0, 0.05) is 12.1 Å². The maximum absolute atomic E-state index is 11.7. The van der Waals surface area contributed by atoms with E-state index in [0.717, 1.165) is 6.42 Å². The molecule has 1 amide bonds. The number of nitrogen functional groups attached to an aromatic ring is 1. The van der Waals surface area contributed by atoms with Crippen molar-refractivity contribution in [1.82, 2.24) is 5.32 Å². The fourth-order valence-electron chi connectivity index (χ4n) is 1.26. The van der Waals surface area contributed by atoms with E-state index < -0.39 is 0 Å². The van der Waals surface area contributed by atoms with Gasteiger partial charge in [-0.05, 0) is 31.2 Å². The van der Waals surface area contributed by atoms with Crippen molar-refractivity contribution >= 4 is 11.6 Å². The molecule has 0 aromatic heterocycles. The molecule has 1 rings (SSSR count). The summed E-state index contributed by atoms with van der Waals surface area (Å²) in [7, 11) is 1.52. The van der Waals surface area contributed by atoms with E-state index in [9.17, 15) is 4.79 Å². The first kappa shape index (κ1) is 12.3. The average Bonchev–Trinajstić information content (AvgIpc) is 2.30. The minimum absolute atomic E-state index is 0.147. The number of hydrogen-bond acceptors (Lipinski definition) is 4. The van der Waals surface area contributed by atoms with Crippen LogP contribution in [0.25, 0.3) is 0 Å². The number of amides is 1. The summed E-state index contributed by atoms with van der Waals surface area (Å²) in [6, 6.07) is 4.93. The quantitative estimate of drug-likeness (QED) is 0.496. The van der Waals surface area contributed by atoms with Crippen LogP contribution in [0.3, 0.4) is 0 Å². The van der Waals surface area contributed by atoms with E-state index in [-0.39, 0.29) is 5.91 Å². The van der Waals surface area contributed by atoms with Crippen molar-refractivity contribution < 1.29 is 9.53 Å². The van der Waals surface area contributed by atoms with E-state index in [1.807, 2.05) is 0 Å². The van der Waals surface area contributed by atoms with E-state index in [1.165, 1.54) is 7.11 Å². The molecule has 5 N–H and O–H groups in total. The Kier molecular flexibility index (Phi) is 4.60. The first-order chi connectivity index (χ1) is 7.69. The Balaban J connectivity index is 2.68. The zero-order valence-corrected chi connectivity index (χ0v) is 9.32. The lowest BCUT2D eigenvalue weighted by atomic mass is 10.2. The first-order valence-corrected chi connectivity index (χ1v) is 5.11. The molecular formula is C11H17N3O2. The molecule has 0 radical (unpaired) electrons. The number of methoxy groups -OCH3 is 1. The Morgan fingerprint density at radius 2 is 2.25 bits per heavy atom. The highest BCUT2D eigenvalue weighted by Gasteiger charge is 2.07. The third kappa shape index (κ3) is 3.13. The number of ether oxygens (including phenoxy) is 1. The molecule has 0 bridgehead atoms. The van der Waals surface area contributed by atoms with Gasteiger partial charge in [-0.3, -0.25) is 4.79 Å². The molecule has 5 nitrogen and oxygen atoms in total. The van der Waals surface area contributed by atoms with Crippen molar-refractivity contribution in [3.63, 3.8) is 0 Å². The molecule has 88 valence electrons. The molecule has 0 heterocycles. The highest BCUT2D eigenvalue weighted by molar-refractivity contribution is 5.95. The third-order valence-electron chi connectivity index (χ3n) is 2.16. The average molecular weight is 223 g/mol. The van der Waals surface area contributed by atoms with E-state index in [2.05, 4.69) is 5.32 Å². The van der Waals surface area contributed by atoms with Gasteiger partial charge in [-0.15, -0.1) is 0 Å². The maximum Gasteiger partial charge on any atom is 0.251 e. The Hall–Kier alpha value is -1.75. The van der Waals surface area contributed by atoms with Gasteiger partial charge in [-0.2, -0.15) is 0 Å². The molecule has 0 aliphatic heterocycles. The van der Waals surface area contributed by atoms with Crippen LogP contribution in [-0.4, -0.2) is 26.1 Å². The number of nitrogens with one attached hydrogen (secondary N) is 1. The number of nitrogens with two attached hydrogens (primary N) is 2.